The molecule has 0 aliphatic carbocycles. The Hall–Kier alpha value is -4.73. The third-order valence-electron chi connectivity index (χ3n) is 4.83. The van der Waals surface area contributed by atoms with Crippen LogP contribution in [0.2, 0.25) is 0 Å². The van der Waals surface area contributed by atoms with Crippen LogP contribution in [0.15, 0.2) is 24.3 Å². The Morgan fingerprint density at radius 2 is 1.08 bits per heavy atom. The molecule has 16 nitrogen and oxygen atoms in total. The Kier molecular flexibility index (Phi) is 11.4. The molecular formula is C21H29N7O9. The maximum Gasteiger partial charge on any atom is 0.326 e. The van der Waals surface area contributed by atoms with Gasteiger partial charge in [0.1, 0.15) is 23.9 Å². The second-order valence-electron chi connectivity index (χ2n) is 8.01. The minimum atomic E-state index is -1.70. The highest BCUT2D eigenvalue weighted by atomic mass is 16.4. The molecule has 0 bridgehead atoms. The second kappa shape index (κ2) is 14.0. The minimum absolute atomic E-state index is 0.0583. The van der Waals surface area contributed by atoms with Gasteiger partial charge in [-0.2, -0.15) is 0 Å². The summed E-state index contributed by atoms with van der Waals surface area (Å²) in [7, 11) is 0. The molecule has 4 atom stereocenters. The van der Waals surface area contributed by atoms with Crippen molar-refractivity contribution < 1.29 is 43.8 Å². The van der Waals surface area contributed by atoms with Crippen LogP contribution in [0, 0.1) is 0 Å². The lowest BCUT2D eigenvalue weighted by Crippen LogP contribution is -2.58. The number of hydrogen-bond acceptors (Lipinski definition) is 9. The summed E-state index contributed by atoms with van der Waals surface area (Å²) >= 11 is 0. The van der Waals surface area contributed by atoms with Gasteiger partial charge >= 0.3 is 5.97 Å². The number of aromatic hydroxyl groups is 1. The lowest BCUT2D eigenvalue weighted by molar-refractivity contribution is -0.142. The van der Waals surface area contributed by atoms with Crippen molar-refractivity contribution in [3.05, 3.63) is 29.8 Å². The van der Waals surface area contributed by atoms with Crippen molar-refractivity contribution in [3.63, 3.8) is 0 Å². The summed E-state index contributed by atoms with van der Waals surface area (Å²) in [6.45, 7) is 0. The molecule has 1 aromatic rings. The molecule has 37 heavy (non-hydrogen) atoms. The van der Waals surface area contributed by atoms with Crippen molar-refractivity contribution in [2.75, 3.05) is 0 Å². The highest BCUT2D eigenvalue weighted by molar-refractivity contribution is 5.98. The van der Waals surface area contributed by atoms with Crippen molar-refractivity contribution in [2.45, 2.75) is 49.9 Å². The van der Waals surface area contributed by atoms with Gasteiger partial charge in [-0.1, -0.05) is 12.1 Å². The van der Waals surface area contributed by atoms with Gasteiger partial charge in [-0.05, 0) is 17.7 Å². The maximum atomic E-state index is 12.8. The number of rotatable bonds is 15. The molecule has 6 amide bonds. The zero-order chi connectivity index (χ0) is 28.3. The largest absolute Gasteiger partial charge is 0.508 e. The molecule has 0 spiro atoms. The van der Waals surface area contributed by atoms with E-state index < -0.39 is 84.8 Å². The number of phenols is 1. The summed E-state index contributed by atoms with van der Waals surface area (Å²) in [5.41, 5.74) is 21.2. The summed E-state index contributed by atoms with van der Waals surface area (Å²) < 4.78 is 0. The van der Waals surface area contributed by atoms with E-state index in [0.29, 0.717) is 5.56 Å². The van der Waals surface area contributed by atoms with Crippen LogP contribution < -0.4 is 38.9 Å². The highest BCUT2D eigenvalue weighted by Gasteiger charge is 2.32. The monoisotopic (exact) mass is 523 g/mol. The molecule has 1 rings (SSSR count). The topological polar surface area (TPSA) is 300 Å². The molecule has 0 aliphatic rings. The van der Waals surface area contributed by atoms with Crippen LogP contribution in [0.3, 0.4) is 0 Å². The molecular weight excluding hydrogens is 494 g/mol. The zero-order valence-corrected chi connectivity index (χ0v) is 19.5. The van der Waals surface area contributed by atoms with E-state index in [1.54, 1.807) is 0 Å². The number of nitrogens with two attached hydrogens (primary N) is 4. The number of primary amides is 3. The average molecular weight is 524 g/mol. The summed E-state index contributed by atoms with van der Waals surface area (Å²) in [4.78, 5) is 83.3. The van der Waals surface area contributed by atoms with Gasteiger partial charge in [-0.15, -0.1) is 0 Å². The van der Waals surface area contributed by atoms with Crippen molar-refractivity contribution in [1.82, 2.24) is 16.0 Å². The summed E-state index contributed by atoms with van der Waals surface area (Å²) in [6, 6.07) is -0.833. The number of carboxylic acids is 1. The van der Waals surface area contributed by atoms with Crippen molar-refractivity contribution in [3.8, 4) is 5.75 Å². The van der Waals surface area contributed by atoms with E-state index >= 15 is 0 Å². The van der Waals surface area contributed by atoms with Crippen molar-refractivity contribution >= 4 is 41.4 Å². The average Bonchev–Trinajstić information content (AvgIpc) is 2.77. The van der Waals surface area contributed by atoms with Crippen LogP contribution in [0.5, 0.6) is 5.75 Å². The lowest BCUT2D eigenvalue weighted by Gasteiger charge is -2.24. The number of carbonyl (C=O) groups excluding carboxylic acids is 6. The third kappa shape index (κ3) is 11.0. The predicted octanol–water partition coefficient (Wildman–Crippen LogP) is -4.57. The van der Waals surface area contributed by atoms with Crippen LogP contribution in [-0.4, -0.2) is 75.8 Å². The maximum absolute atomic E-state index is 12.8. The summed E-state index contributed by atoms with van der Waals surface area (Å²) in [5, 5.41) is 25.3. The number of hydrogen-bond donors (Lipinski definition) is 9. The number of aliphatic carboxylic acids is 1. The van der Waals surface area contributed by atoms with E-state index in [1.165, 1.54) is 24.3 Å². The van der Waals surface area contributed by atoms with Crippen LogP contribution in [0.25, 0.3) is 0 Å². The Balaban J connectivity index is 3.04. The fourth-order valence-corrected chi connectivity index (χ4v) is 3.02. The molecule has 0 heterocycles. The first kappa shape index (κ1) is 30.3. The Morgan fingerprint density at radius 1 is 0.676 bits per heavy atom. The van der Waals surface area contributed by atoms with E-state index in [1.807, 2.05) is 0 Å². The number of carboxylic acid groups (broad SMARTS) is 1. The normalized spacial score (nSPS) is 13.8. The number of phenolic OH excluding ortho intramolecular Hbond substituents is 1. The highest BCUT2D eigenvalue weighted by Crippen LogP contribution is 2.12. The molecule has 4 unspecified atom stereocenters. The first-order chi connectivity index (χ1) is 17.2. The fraction of sp³-hybridized carbons (Fsp3) is 0.381. The molecule has 0 fully saturated rings. The van der Waals surface area contributed by atoms with Crippen LogP contribution in [-0.2, 0) is 40.0 Å². The lowest BCUT2D eigenvalue weighted by atomic mass is 10.0. The van der Waals surface area contributed by atoms with Gasteiger partial charge in [0.15, 0.2) is 0 Å². The fourth-order valence-electron chi connectivity index (χ4n) is 3.02. The molecule has 0 aromatic heterocycles. The van der Waals surface area contributed by atoms with Gasteiger partial charge in [0, 0.05) is 6.42 Å². The SMILES string of the molecule is NC(=O)CC(N)C(=O)NC(CC(N)=O)C(=O)NC(CC(N)=O)C(=O)NC(Cc1ccc(O)cc1)C(=O)O. The first-order valence-corrected chi connectivity index (χ1v) is 10.7. The van der Waals surface area contributed by atoms with E-state index in [-0.39, 0.29) is 12.2 Å². The number of benzene rings is 1. The first-order valence-electron chi connectivity index (χ1n) is 10.7. The van der Waals surface area contributed by atoms with Gasteiger partial charge in [0.25, 0.3) is 0 Å². The van der Waals surface area contributed by atoms with Crippen LogP contribution in [0.4, 0.5) is 0 Å². The Morgan fingerprint density at radius 3 is 1.49 bits per heavy atom. The Bertz CT molecular complexity index is 1050. The molecule has 13 N–H and O–H groups in total. The predicted molar refractivity (Wildman–Crippen MR) is 125 cm³/mol. The van der Waals surface area contributed by atoms with Crippen LogP contribution >= 0.6 is 0 Å². The molecule has 0 radical (unpaired) electrons. The van der Waals surface area contributed by atoms with Gasteiger partial charge < -0.3 is 49.1 Å². The standard InChI is InChI=1S/C21H29N7O9/c22-11(6-15(23)30)18(33)26-12(7-16(24)31)19(34)27-13(8-17(25)32)20(35)28-14(21(36)37)5-9-1-3-10(29)4-2-9/h1-4,11-14,29H,5-8,22H2,(H2,23,30)(H2,24,31)(H2,25,32)(H,26,33)(H,27,34)(H,28,35)(H,36,37). The molecule has 16 heteroatoms. The quantitative estimate of drug-likeness (QED) is 0.106. The Labute approximate surface area is 210 Å². The molecule has 1 aromatic carbocycles. The molecule has 0 saturated carbocycles. The third-order valence-corrected chi connectivity index (χ3v) is 4.83. The van der Waals surface area contributed by atoms with Crippen molar-refractivity contribution in [2.24, 2.45) is 22.9 Å². The molecule has 0 aliphatic heterocycles. The van der Waals surface area contributed by atoms with Gasteiger partial charge in [0.05, 0.1) is 25.3 Å². The number of carbonyl (C=O) groups is 7. The van der Waals surface area contributed by atoms with E-state index in [2.05, 4.69) is 16.0 Å². The van der Waals surface area contributed by atoms with Crippen molar-refractivity contribution in [1.29, 1.82) is 0 Å². The van der Waals surface area contributed by atoms with Gasteiger partial charge in [0.2, 0.25) is 35.4 Å². The summed E-state index contributed by atoms with van der Waals surface area (Å²) in [5.74, 6) is -7.75. The summed E-state index contributed by atoms with van der Waals surface area (Å²) in [6.07, 6.45) is -2.29. The second-order valence-corrected chi connectivity index (χ2v) is 8.01. The van der Waals surface area contributed by atoms with E-state index in [0.717, 1.165) is 0 Å². The smallest absolute Gasteiger partial charge is 0.326 e. The minimum Gasteiger partial charge on any atom is -0.508 e. The molecule has 202 valence electrons. The van der Waals surface area contributed by atoms with Crippen LogP contribution in [0.1, 0.15) is 24.8 Å². The van der Waals surface area contributed by atoms with E-state index in [9.17, 15) is 43.8 Å². The molecule has 0 saturated heterocycles. The number of nitrogens with one attached hydrogen (secondary N) is 3. The zero-order valence-electron chi connectivity index (χ0n) is 19.5. The van der Waals surface area contributed by atoms with Gasteiger partial charge in [-0.3, -0.25) is 28.8 Å². The number of amides is 6. The van der Waals surface area contributed by atoms with E-state index in [4.69, 9.17) is 22.9 Å². The van der Waals surface area contributed by atoms with Gasteiger partial charge in [-0.25, -0.2) is 4.79 Å².